The first-order valence-electron chi connectivity index (χ1n) is 5.60. The summed E-state index contributed by atoms with van der Waals surface area (Å²) in [5, 5.41) is 4.78. The number of carbonyl (C=O) groups excluding carboxylic acids is 2. The molecule has 2 N–H and O–H groups in total. The zero-order valence-electron chi connectivity index (χ0n) is 10.5. The Morgan fingerprint density at radius 3 is 2.74 bits per heavy atom. The maximum Gasteiger partial charge on any atom is 0.325 e. The molecule has 0 aliphatic heterocycles. The van der Waals surface area contributed by atoms with Crippen molar-refractivity contribution in [3.8, 4) is 0 Å². The highest BCUT2D eigenvalue weighted by atomic mass is 79.9. The molecule has 0 bridgehead atoms. The minimum absolute atomic E-state index is 0.238. The van der Waals surface area contributed by atoms with Gasteiger partial charge < -0.3 is 15.4 Å². The number of nitrogens with one attached hydrogen (secondary N) is 2. The molecule has 0 heterocycles. The fraction of sp³-hybridized carbons (Fsp3) is 0.333. The first-order chi connectivity index (χ1) is 8.93. The van der Waals surface area contributed by atoms with Gasteiger partial charge >= 0.3 is 12.0 Å². The highest BCUT2D eigenvalue weighted by Crippen LogP contribution is 2.23. The summed E-state index contributed by atoms with van der Waals surface area (Å²) < 4.78 is 18.3. The van der Waals surface area contributed by atoms with Crippen molar-refractivity contribution in [2.24, 2.45) is 0 Å². The van der Waals surface area contributed by atoms with E-state index >= 15 is 0 Å². The van der Waals surface area contributed by atoms with E-state index in [4.69, 9.17) is 0 Å². The second kappa shape index (κ2) is 7.08. The van der Waals surface area contributed by atoms with Crippen LogP contribution >= 0.6 is 15.9 Å². The van der Waals surface area contributed by atoms with Crippen molar-refractivity contribution in [3.63, 3.8) is 0 Å². The Hall–Kier alpha value is -1.63. The molecule has 1 rings (SSSR count). The Morgan fingerprint density at radius 2 is 2.11 bits per heavy atom. The van der Waals surface area contributed by atoms with E-state index in [9.17, 15) is 14.0 Å². The zero-order chi connectivity index (χ0) is 14.4. The minimum atomic E-state index is -0.599. The lowest BCUT2D eigenvalue weighted by Gasteiger charge is -2.10. The monoisotopic (exact) mass is 332 g/mol. The normalized spacial score (nSPS) is 9.89. The molecular formula is C12H14BrFN2O3. The highest BCUT2D eigenvalue weighted by molar-refractivity contribution is 9.10. The maximum absolute atomic E-state index is 13.3. The number of amides is 2. The number of ether oxygens (including phenoxy) is 1. The number of halogens is 2. The SMILES string of the molecule is CCOC(=O)CNC(=O)Nc1cc(F)c(Br)cc1C. The lowest BCUT2D eigenvalue weighted by atomic mass is 10.2. The molecule has 0 aromatic heterocycles. The molecule has 19 heavy (non-hydrogen) atoms. The van der Waals surface area contributed by atoms with Gasteiger partial charge in [0.15, 0.2) is 0 Å². The van der Waals surface area contributed by atoms with E-state index in [1.807, 2.05) is 0 Å². The van der Waals surface area contributed by atoms with Crippen LogP contribution in [0.2, 0.25) is 0 Å². The number of rotatable bonds is 4. The van der Waals surface area contributed by atoms with Gasteiger partial charge in [0.1, 0.15) is 12.4 Å². The van der Waals surface area contributed by atoms with Gasteiger partial charge in [-0.05, 0) is 47.5 Å². The number of hydrogen-bond donors (Lipinski definition) is 2. The Morgan fingerprint density at radius 1 is 1.42 bits per heavy atom. The Bertz CT molecular complexity index is 494. The van der Waals surface area contributed by atoms with Crippen molar-refractivity contribution < 1.29 is 18.7 Å². The fourth-order valence-electron chi connectivity index (χ4n) is 1.31. The van der Waals surface area contributed by atoms with Crippen LogP contribution in [0.25, 0.3) is 0 Å². The predicted octanol–water partition coefficient (Wildman–Crippen LogP) is 2.58. The van der Waals surface area contributed by atoms with Crippen molar-refractivity contribution in [1.82, 2.24) is 5.32 Å². The summed E-state index contributed by atoms with van der Waals surface area (Å²) in [5.74, 6) is -1.01. The Labute approximate surface area is 118 Å². The van der Waals surface area contributed by atoms with Crippen LogP contribution < -0.4 is 10.6 Å². The number of carbonyl (C=O) groups is 2. The molecule has 0 spiro atoms. The molecule has 0 aliphatic rings. The van der Waals surface area contributed by atoms with E-state index in [1.54, 1.807) is 19.9 Å². The summed E-state index contributed by atoms with van der Waals surface area (Å²) in [6.45, 7) is 3.41. The predicted molar refractivity (Wildman–Crippen MR) is 72.5 cm³/mol. The van der Waals surface area contributed by atoms with Gasteiger partial charge in [-0.25, -0.2) is 9.18 Å². The molecule has 104 valence electrons. The highest BCUT2D eigenvalue weighted by Gasteiger charge is 2.10. The van der Waals surface area contributed by atoms with Crippen LogP contribution in [0.3, 0.4) is 0 Å². The van der Waals surface area contributed by atoms with Crippen LogP contribution in [-0.2, 0) is 9.53 Å². The third-order valence-electron chi connectivity index (χ3n) is 2.21. The third-order valence-corrected chi connectivity index (χ3v) is 2.82. The van der Waals surface area contributed by atoms with Gasteiger partial charge in [-0.15, -0.1) is 0 Å². The van der Waals surface area contributed by atoms with E-state index in [-0.39, 0.29) is 13.2 Å². The number of aryl methyl sites for hydroxylation is 1. The number of esters is 1. The molecular weight excluding hydrogens is 319 g/mol. The maximum atomic E-state index is 13.3. The summed E-state index contributed by atoms with van der Waals surface area (Å²) in [6.07, 6.45) is 0. The average molecular weight is 333 g/mol. The van der Waals surface area contributed by atoms with Crippen LogP contribution in [0.1, 0.15) is 12.5 Å². The van der Waals surface area contributed by atoms with Crippen LogP contribution in [0, 0.1) is 12.7 Å². The van der Waals surface area contributed by atoms with Crippen molar-refractivity contribution >= 4 is 33.6 Å². The van der Waals surface area contributed by atoms with Gasteiger partial charge in [-0.2, -0.15) is 0 Å². The molecule has 1 aromatic rings. The molecule has 0 aliphatic carbocycles. The minimum Gasteiger partial charge on any atom is -0.465 e. The summed E-state index contributed by atoms with van der Waals surface area (Å²) in [6, 6.07) is 2.15. The van der Waals surface area contributed by atoms with E-state index in [1.165, 1.54) is 6.07 Å². The van der Waals surface area contributed by atoms with E-state index in [0.29, 0.717) is 15.7 Å². The van der Waals surface area contributed by atoms with Gasteiger partial charge in [-0.1, -0.05) is 0 Å². The smallest absolute Gasteiger partial charge is 0.325 e. The fourth-order valence-corrected chi connectivity index (χ4v) is 1.77. The van der Waals surface area contributed by atoms with Crippen molar-refractivity contribution in [2.75, 3.05) is 18.5 Å². The Kier molecular flexibility index (Phi) is 5.75. The van der Waals surface area contributed by atoms with Gasteiger partial charge in [0.2, 0.25) is 0 Å². The summed E-state index contributed by atoms with van der Waals surface area (Å²) in [7, 11) is 0. The largest absolute Gasteiger partial charge is 0.465 e. The van der Waals surface area contributed by atoms with Gasteiger partial charge in [-0.3, -0.25) is 4.79 Å². The van der Waals surface area contributed by atoms with Crippen LogP contribution in [-0.4, -0.2) is 25.2 Å². The molecule has 0 saturated heterocycles. The third kappa shape index (κ3) is 4.86. The molecule has 0 unspecified atom stereocenters. The molecule has 1 aromatic carbocycles. The second-order valence-corrected chi connectivity index (χ2v) is 4.55. The quantitative estimate of drug-likeness (QED) is 0.833. The van der Waals surface area contributed by atoms with Crippen LogP contribution in [0.15, 0.2) is 16.6 Å². The topological polar surface area (TPSA) is 67.4 Å². The Balaban J connectivity index is 2.58. The molecule has 7 heteroatoms. The first kappa shape index (κ1) is 15.4. The molecule has 0 saturated carbocycles. The molecule has 5 nitrogen and oxygen atoms in total. The van der Waals surface area contributed by atoms with Crippen LogP contribution in [0.5, 0.6) is 0 Å². The molecule has 0 radical (unpaired) electrons. The number of anilines is 1. The van der Waals surface area contributed by atoms with Crippen molar-refractivity contribution in [1.29, 1.82) is 0 Å². The second-order valence-electron chi connectivity index (χ2n) is 3.69. The lowest BCUT2D eigenvalue weighted by Crippen LogP contribution is -2.34. The standard InChI is InChI=1S/C12H14BrFN2O3/c1-3-19-11(17)6-15-12(18)16-10-5-9(14)8(13)4-7(10)2/h4-5H,3,6H2,1-2H3,(H2,15,16,18). The van der Waals surface area contributed by atoms with Crippen molar-refractivity contribution in [2.45, 2.75) is 13.8 Å². The molecule has 0 atom stereocenters. The van der Waals surface area contributed by atoms with Crippen LogP contribution in [0.4, 0.5) is 14.9 Å². The summed E-state index contributed by atoms with van der Waals surface area (Å²) in [4.78, 5) is 22.5. The summed E-state index contributed by atoms with van der Waals surface area (Å²) >= 11 is 3.05. The van der Waals surface area contributed by atoms with E-state index in [2.05, 4.69) is 31.3 Å². The lowest BCUT2D eigenvalue weighted by molar-refractivity contribution is -0.141. The zero-order valence-corrected chi connectivity index (χ0v) is 12.1. The molecule has 2 amide bonds. The van der Waals surface area contributed by atoms with E-state index < -0.39 is 17.8 Å². The summed E-state index contributed by atoms with van der Waals surface area (Å²) in [5.41, 5.74) is 1.03. The molecule has 0 fully saturated rings. The van der Waals surface area contributed by atoms with Crippen molar-refractivity contribution in [3.05, 3.63) is 28.0 Å². The number of urea groups is 1. The first-order valence-corrected chi connectivity index (χ1v) is 6.39. The van der Waals surface area contributed by atoms with E-state index in [0.717, 1.165) is 0 Å². The number of hydrogen-bond acceptors (Lipinski definition) is 3. The number of benzene rings is 1. The van der Waals surface area contributed by atoms with Gasteiger partial charge in [0.25, 0.3) is 0 Å². The average Bonchev–Trinajstić information content (AvgIpc) is 2.34. The van der Waals surface area contributed by atoms with Gasteiger partial charge in [0.05, 0.1) is 11.1 Å². The van der Waals surface area contributed by atoms with Gasteiger partial charge in [0, 0.05) is 5.69 Å².